The number of benzene rings is 2. The molecular weight excluding hydrogens is 354 g/mol. The summed E-state index contributed by atoms with van der Waals surface area (Å²) in [7, 11) is 0. The molecule has 0 spiro atoms. The van der Waals surface area contributed by atoms with Gasteiger partial charge in [0.05, 0.1) is 28.1 Å². The summed E-state index contributed by atoms with van der Waals surface area (Å²) in [6.07, 6.45) is 1.53. The van der Waals surface area contributed by atoms with Crippen molar-refractivity contribution < 1.29 is 15.0 Å². The van der Waals surface area contributed by atoms with Gasteiger partial charge in [0.2, 0.25) is 0 Å². The van der Waals surface area contributed by atoms with Gasteiger partial charge in [-0.3, -0.25) is 25.7 Å². The van der Waals surface area contributed by atoms with E-state index in [9.17, 15) is 25.3 Å². The summed E-state index contributed by atoms with van der Waals surface area (Å²) in [5.74, 6) is 0. The van der Waals surface area contributed by atoms with Gasteiger partial charge in [-0.2, -0.15) is 5.10 Å². The number of para-hydroxylation sites is 1. The SMILES string of the molecule is O=[N+]([O-])c1ccc(N/N=C/C2C[C@@H](O)CN2c2ccccc2)c([N+](=O)[O-])c1. The van der Waals surface area contributed by atoms with Crippen LogP contribution < -0.4 is 10.3 Å². The molecule has 10 nitrogen and oxygen atoms in total. The number of nitro benzene ring substituents is 2. The number of hydrogen-bond acceptors (Lipinski definition) is 8. The quantitative estimate of drug-likeness (QED) is 0.452. The Bertz CT molecular complexity index is 873. The van der Waals surface area contributed by atoms with Gasteiger partial charge in [-0.25, -0.2) is 0 Å². The van der Waals surface area contributed by atoms with Gasteiger partial charge in [0.1, 0.15) is 5.69 Å². The van der Waals surface area contributed by atoms with Crippen LogP contribution in [-0.4, -0.2) is 39.9 Å². The van der Waals surface area contributed by atoms with Crippen LogP contribution in [0.2, 0.25) is 0 Å². The first-order valence-electron chi connectivity index (χ1n) is 8.17. The second kappa shape index (κ2) is 7.79. The first kappa shape index (κ1) is 18.3. The highest BCUT2D eigenvalue weighted by atomic mass is 16.6. The molecule has 27 heavy (non-hydrogen) atoms. The van der Waals surface area contributed by atoms with Crippen molar-refractivity contribution in [2.24, 2.45) is 5.10 Å². The Labute approximate surface area is 154 Å². The Kier molecular flexibility index (Phi) is 5.27. The van der Waals surface area contributed by atoms with Crippen molar-refractivity contribution in [2.45, 2.75) is 18.6 Å². The highest BCUT2D eigenvalue weighted by molar-refractivity contribution is 5.74. The largest absolute Gasteiger partial charge is 0.391 e. The first-order valence-corrected chi connectivity index (χ1v) is 8.17. The van der Waals surface area contributed by atoms with Crippen LogP contribution in [0.5, 0.6) is 0 Å². The van der Waals surface area contributed by atoms with E-state index in [-0.39, 0.29) is 17.4 Å². The molecule has 2 aromatic carbocycles. The second-order valence-corrected chi connectivity index (χ2v) is 6.05. The molecule has 2 atom stereocenters. The van der Waals surface area contributed by atoms with Gasteiger partial charge < -0.3 is 10.0 Å². The van der Waals surface area contributed by atoms with Gasteiger partial charge in [-0.05, 0) is 18.2 Å². The molecule has 0 radical (unpaired) electrons. The van der Waals surface area contributed by atoms with E-state index < -0.39 is 21.6 Å². The average Bonchev–Trinajstić information content (AvgIpc) is 3.03. The maximum Gasteiger partial charge on any atom is 0.301 e. The molecule has 1 saturated heterocycles. The van der Waals surface area contributed by atoms with Crippen molar-refractivity contribution >= 4 is 29.0 Å². The van der Waals surface area contributed by atoms with E-state index in [0.717, 1.165) is 11.8 Å². The fourth-order valence-corrected chi connectivity index (χ4v) is 2.97. The molecule has 0 amide bonds. The Hall–Kier alpha value is -3.53. The van der Waals surface area contributed by atoms with Gasteiger partial charge in [0.15, 0.2) is 0 Å². The molecule has 1 heterocycles. The minimum Gasteiger partial charge on any atom is -0.391 e. The smallest absolute Gasteiger partial charge is 0.301 e. The predicted molar refractivity (Wildman–Crippen MR) is 100 cm³/mol. The predicted octanol–water partition coefficient (Wildman–Crippen LogP) is 2.54. The molecule has 1 unspecified atom stereocenters. The summed E-state index contributed by atoms with van der Waals surface area (Å²) in [6, 6.07) is 12.6. The van der Waals surface area contributed by atoms with Gasteiger partial charge in [-0.15, -0.1) is 0 Å². The van der Waals surface area contributed by atoms with Crippen LogP contribution >= 0.6 is 0 Å². The van der Waals surface area contributed by atoms with Crippen molar-refractivity contribution in [1.82, 2.24) is 0 Å². The van der Waals surface area contributed by atoms with Crippen LogP contribution in [0.15, 0.2) is 53.6 Å². The molecule has 2 aromatic rings. The van der Waals surface area contributed by atoms with Gasteiger partial charge >= 0.3 is 5.69 Å². The number of hydrogen-bond donors (Lipinski definition) is 2. The molecule has 0 aliphatic carbocycles. The van der Waals surface area contributed by atoms with E-state index in [4.69, 9.17) is 0 Å². The maximum atomic E-state index is 11.1. The lowest BCUT2D eigenvalue weighted by Crippen LogP contribution is -2.30. The lowest BCUT2D eigenvalue weighted by atomic mass is 10.2. The number of rotatable bonds is 6. The Morgan fingerprint density at radius 3 is 2.56 bits per heavy atom. The molecule has 0 saturated carbocycles. The van der Waals surface area contributed by atoms with E-state index in [1.807, 2.05) is 35.2 Å². The standard InChI is InChI=1S/C17H17N5O5/c23-15-8-14(20(11-15)12-4-2-1-3-5-12)10-18-19-16-7-6-13(21(24)25)9-17(16)22(26)27/h1-7,9-10,14-15,19,23H,8,11H2/b18-10+/t14?,15-/m1/s1. The third-order valence-corrected chi connectivity index (χ3v) is 4.23. The zero-order chi connectivity index (χ0) is 19.4. The monoisotopic (exact) mass is 371 g/mol. The summed E-state index contributed by atoms with van der Waals surface area (Å²) >= 11 is 0. The van der Waals surface area contributed by atoms with Crippen LogP contribution in [0.4, 0.5) is 22.7 Å². The van der Waals surface area contributed by atoms with Gasteiger partial charge in [-0.1, -0.05) is 18.2 Å². The number of nitrogens with one attached hydrogen (secondary N) is 1. The summed E-state index contributed by atoms with van der Waals surface area (Å²) in [6.45, 7) is 0.457. The molecule has 0 aromatic heterocycles. The third kappa shape index (κ3) is 4.18. The highest BCUT2D eigenvalue weighted by Gasteiger charge is 2.30. The van der Waals surface area contributed by atoms with E-state index in [2.05, 4.69) is 10.5 Å². The Balaban J connectivity index is 1.76. The minimum absolute atomic E-state index is 0.0478. The fraction of sp³-hybridized carbons (Fsp3) is 0.235. The lowest BCUT2D eigenvalue weighted by molar-refractivity contribution is -0.393. The molecule has 2 N–H and O–H groups in total. The summed E-state index contributed by atoms with van der Waals surface area (Å²) < 4.78 is 0. The molecular formula is C17H17N5O5. The van der Waals surface area contributed by atoms with E-state index in [1.54, 1.807) is 6.21 Å². The summed E-state index contributed by atoms with van der Waals surface area (Å²) in [5.41, 5.74) is 2.75. The van der Waals surface area contributed by atoms with Gasteiger partial charge in [0, 0.05) is 30.9 Å². The zero-order valence-electron chi connectivity index (χ0n) is 14.1. The Morgan fingerprint density at radius 2 is 1.89 bits per heavy atom. The van der Waals surface area contributed by atoms with Crippen LogP contribution in [0.25, 0.3) is 0 Å². The number of nitro groups is 2. The molecule has 10 heteroatoms. The number of aliphatic hydroxyl groups is 1. The fourth-order valence-electron chi connectivity index (χ4n) is 2.97. The number of β-amino-alcohol motifs (C(OH)–C–C–N with tert-alkyl or cyclic N) is 1. The number of non-ortho nitro benzene ring substituents is 1. The van der Waals surface area contributed by atoms with Crippen LogP contribution in [0, 0.1) is 20.2 Å². The van der Waals surface area contributed by atoms with Crippen LogP contribution in [0.3, 0.4) is 0 Å². The van der Waals surface area contributed by atoms with E-state index in [1.165, 1.54) is 12.1 Å². The highest BCUT2D eigenvalue weighted by Crippen LogP contribution is 2.29. The molecule has 1 aliphatic heterocycles. The first-order chi connectivity index (χ1) is 13.0. The van der Waals surface area contributed by atoms with Crippen molar-refractivity contribution in [2.75, 3.05) is 16.9 Å². The maximum absolute atomic E-state index is 11.1. The third-order valence-electron chi connectivity index (χ3n) is 4.23. The normalized spacial score (nSPS) is 19.4. The molecule has 0 bridgehead atoms. The summed E-state index contributed by atoms with van der Waals surface area (Å²) in [5, 5.41) is 35.9. The topological polar surface area (TPSA) is 134 Å². The average molecular weight is 371 g/mol. The van der Waals surface area contributed by atoms with E-state index >= 15 is 0 Å². The van der Waals surface area contributed by atoms with Crippen LogP contribution in [0.1, 0.15) is 6.42 Å². The number of nitrogens with zero attached hydrogens (tertiary/aromatic N) is 4. The van der Waals surface area contributed by atoms with E-state index in [0.29, 0.717) is 13.0 Å². The summed E-state index contributed by atoms with van der Waals surface area (Å²) in [4.78, 5) is 22.5. The molecule has 140 valence electrons. The van der Waals surface area contributed by atoms with Crippen LogP contribution in [-0.2, 0) is 0 Å². The zero-order valence-corrected chi connectivity index (χ0v) is 14.1. The van der Waals surface area contributed by atoms with Crippen molar-refractivity contribution in [3.8, 4) is 0 Å². The molecule has 1 aliphatic rings. The molecule has 1 fully saturated rings. The number of aliphatic hydroxyl groups excluding tert-OH is 1. The molecule has 3 rings (SSSR count). The lowest BCUT2D eigenvalue weighted by Gasteiger charge is -2.23. The minimum atomic E-state index is -0.708. The number of anilines is 2. The van der Waals surface area contributed by atoms with Crippen molar-refractivity contribution in [1.29, 1.82) is 0 Å². The van der Waals surface area contributed by atoms with Crippen molar-refractivity contribution in [3.63, 3.8) is 0 Å². The van der Waals surface area contributed by atoms with Gasteiger partial charge in [0.25, 0.3) is 5.69 Å². The Morgan fingerprint density at radius 1 is 1.15 bits per heavy atom. The second-order valence-electron chi connectivity index (χ2n) is 6.05. The number of hydrazone groups is 1. The van der Waals surface area contributed by atoms with Crippen molar-refractivity contribution in [3.05, 3.63) is 68.8 Å².